The number of aldehydes is 1. The fourth-order valence-corrected chi connectivity index (χ4v) is 3.20. The molecule has 24 heavy (non-hydrogen) atoms. The minimum absolute atomic E-state index is 0.00914. The van der Waals surface area contributed by atoms with Gasteiger partial charge in [0, 0.05) is 15.8 Å². The van der Waals surface area contributed by atoms with Crippen molar-refractivity contribution in [1.82, 2.24) is 4.57 Å². The first-order chi connectivity index (χ1) is 11.6. The number of benzene rings is 2. The number of halogens is 2. The molecule has 0 atom stereocenters. The van der Waals surface area contributed by atoms with Crippen LogP contribution in [0.15, 0.2) is 57.7 Å². The number of pyridine rings is 1. The molecule has 0 saturated heterocycles. The van der Waals surface area contributed by atoms with E-state index in [0.29, 0.717) is 33.2 Å². The SMILES string of the molecule is O=Cc1oc2c(c1Cl)c1ccccc1c(=O)n2-c1ccc(Cl)cc1. The Hall–Kier alpha value is -2.56. The van der Waals surface area contributed by atoms with E-state index in [-0.39, 0.29) is 22.1 Å². The molecule has 0 saturated carbocycles. The van der Waals surface area contributed by atoms with Crippen LogP contribution in [0.3, 0.4) is 0 Å². The summed E-state index contributed by atoms with van der Waals surface area (Å²) in [7, 11) is 0. The third-order valence-corrected chi connectivity index (χ3v) is 4.51. The number of hydrogen-bond acceptors (Lipinski definition) is 3. The summed E-state index contributed by atoms with van der Waals surface area (Å²) in [6.07, 6.45) is 0.536. The molecule has 0 amide bonds. The Morgan fingerprint density at radius 2 is 1.62 bits per heavy atom. The van der Waals surface area contributed by atoms with Gasteiger partial charge in [-0.3, -0.25) is 9.59 Å². The van der Waals surface area contributed by atoms with Crippen LogP contribution in [-0.4, -0.2) is 10.9 Å². The zero-order valence-corrected chi connectivity index (χ0v) is 13.6. The number of furan rings is 1. The quantitative estimate of drug-likeness (QED) is 0.481. The average molecular weight is 358 g/mol. The predicted octanol–water partition coefficient (Wildman–Crippen LogP) is 4.86. The number of carbonyl (C=O) groups excluding carboxylic acids is 1. The topological polar surface area (TPSA) is 52.2 Å². The van der Waals surface area contributed by atoms with Crippen LogP contribution >= 0.6 is 23.2 Å². The van der Waals surface area contributed by atoms with E-state index in [0.717, 1.165) is 0 Å². The normalized spacial score (nSPS) is 11.2. The highest BCUT2D eigenvalue weighted by Crippen LogP contribution is 2.35. The molecule has 0 fully saturated rings. The van der Waals surface area contributed by atoms with Crippen LogP contribution in [0.25, 0.3) is 27.6 Å². The summed E-state index contributed by atoms with van der Waals surface area (Å²) in [5.74, 6) is -0.00914. The zero-order valence-electron chi connectivity index (χ0n) is 12.1. The van der Waals surface area contributed by atoms with Crippen molar-refractivity contribution in [2.75, 3.05) is 0 Å². The molecule has 4 nitrogen and oxygen atoms in total. The molecule has 0 spiro atoms. The first kappa shape index (κ1) is 15.0. The van der Waals surface area contributed by atoms with Crippen molar-refractivity contribution in [1.29, 1.82) is 0 Å². The Labute approximate surface area is 145 Å². The summed E-state index contributed by atoms with van der Waals surface area (Å²) in [6, 6.07) is 13.8. The maximum atomic E-state index is 13.0. The van der Waals surface area contributed by atoms with Crippen molar-refractivity contribution in [2.24, 2.45) is 0 Å². The second-order valence-corrected chi connectivity index (χ2v) is 6.06. The lowest BCUT2D eigenvalue weighted by Gasteiger charge is -2.09. The molecule has 6 heteroatoms. The first-order valence-electron chi connectivity index (χ1n) is 7.08. The fraction of sp³-hybridized carbons (Fsp3) is 0. The second-order valence-electron chi connectivity index (χ2n) is 5.24. The summed E-state index contributed by atoms with van der Waals surface area (Å²) in [5, 5.41) is 2.40. The Morgan fingerprint density at radius 3 is 2.29 bits per heavy atom. The number of carbonyl (C=O) groups is 1. The minimum Gasteiger partial charge on any atom is -0.435 e. The fourth-order valence-electron chi connectivity index (χ4n) is 2.81. The van der Waals surface area contributed by atoms with Gasteiger partial charge >= 0.3 is 0 Å². The van der Waals surface area contributed by atoms with E-state index >= 15 is 0 Å². The van der Waals surface area contributed by atoms with E-state index in [1.807, 2.05) is 0 Å². The van der Waals surface area contributed by atoms with Crippen molar-refractivity contribution < 1.29 is 9.21 Å². The van der Waals surface area contributed by atoms with Gasteiger partial charge in [0.1, 0.15) is 0 Å². The van der Waals surface area contributed by atoms with Gasteiger partial charge in [-0.05, 0) is 30.3 Å². The molecule has 0 N–H and O–H groups in total. The standard InChI is InChI=1S/C18H9Cl2NO3/c19-10-5-7-11(8-6-10)21-17(23)13-4-2-1-3-12(13)15-16(20)14(9-22)24-18(15)21/h1-9H. The predicted molar refractivity (Wildman–Crippen MR) is 94.7 cm³/mol. The number of hydrogen-bond donors (Lipinski definition) is 0. The molecule has 4 aromatic rings. The molecular weight excluding hydrogens is 349 g/mol. The molecule has 0 aliphatic heterocycles. The molecule has 0 unspecified atom stereocenters. The Morgan fingerprint density at radius 1 is 0.958 bits per heavy atom. The lowest BCUT2D eigenvalue weighted by molar-refractivity contribution is 0.110. The summed E-state index contributed by atoms with van der Waals surface area (Å²) in [6.45, 7) is 0. The molecule has 0 aliphatic rings. The van der Waals surface area contributed by atoms with E-state index in [1.54, 1.807) is 48.5 Å². The summed E-state index contributed by atoms with van der Waals surface area (Å²) in [5.41, 5.74) is 0.541. The van der Waals surface area contributed by atoms with Gasteiger partial charge in [0.2, 0.25) is 5.71 Å². The molecule has 2 aromatic carbocycles. The summed E-state index contributed by atoms with van der Waals surface area (Å²) >= 11 is 12.2. The van der Waals surface area contributed by atoms with E-state index in [2.05, 4.69) is 0 Å². The van der Waals surface area contributed by atoms with Crippen LogP contribution in [-0.2, 0) is 0 Å². The van der Waals surface area contributed by atoms with Gasteiger partial charge in [-0.15, -0.1) is 0 Å². The highest BCUT2D eigenvalue weighted by molar-refractivity contribution is 6.39. The third-order valence-electron chi connectivity index (χ3n) is 3.88. The molecule has 2 aromatic heterocycles. The van der Waals surface area contributed by atoms with Crippen molar-refractivity contribution in [2.45, 2.75) is 0 Å². The van der Waals surface area contributed by atoms with E-state index in [4.69, 9.17) is 27.6 Å². The highest BCUT2D eigenvalue weighted by atomic mass is 35.5. The van der Waals surface area contributed by atoms with Gasteiger partial charge in [0.25, 0.3) is 5.56 Å². The minimum atomic E-state index is -0.261. The second kappa shape index (κ2) is 5.51. The third kappa shape index (κ3) is 2.08. The lowest BCUT2D eigenvalue weighted by atomic mass is 10.1. The van der Waals surface area contributed by atoms with Gasteiger partial charge < -0.3 is 4.42 Å². The number of fused-ring (bicyclic) bond motifs is 3. The van der Waals surface area contributed by atoms with Crippen LogP contribution in [0, 0.1) is 0 Å². The molecule has 4 rings (SSSR count). The smallest absolute Gasteiger partial charge is 0.265 e. The van der Waals surface area contributed by atoms with Crippen LogP contribution in [0.5, 0.6) is 0 Å². The van der Waals surface area contributed by atoms with Crippen molar-refractivity contribution in [3.63, 3.8) is 0 Å². The number of rotatable bonds is 2. The van der Waals surface area contributed by atoms with Crippen LogP contribution < -0.4 is 5.56 Å². The Balaban J connectivity index is 2.27. The molecule has 0 bridgehead atoms. The number of nitrogens with zero attached hydrogens (tertiary/aromatic N) is 1. The van der Waals surface area contributed by atoms with Crippen molar-refractivity contribution in [3.8, 4) is 5.69 Å². The van der Waals surface area contributed by atoms with Gasteiger partial charge in [0.15, 0.2) is 12.0 Å². The van der Waals surface area contributed by atoms with Gasteiger partial charge in [-0.1, -0.05) is 41.4 Å². The average Bonchev–Trinajstić information content (AvgIpc) is 2.93. The largest absolute Gasteiger partial charge is 0.435 e. The maximum Gasteiger partial charge on any atom is 0.265 e. The highest BCUT2D eigenvalue weighted by Gasteiger charge is 2.21. The Kier molecular flexibility index (Phi) is 3.44. The lowest BCUT2D eigenvalue weighted by Crippen LogP contribution is -2.18. The molecule has 118 valence electrons. The summed E-state index contributed by atoms with van der Waals surface area (Å²) < 4.78 is 6.98. The molecule has 0 aliphatic carbocycles. The number of aromatic nitrogens is 1. The van der Waals surface area contributed by atoms with Crippen molar-refractivity contribution in [3.05, 3.63) is 74.7 Å². The molecular formula is C18H9Cl2NO3. The Bertz CT molecular complexity index is 1160. The molecule has 2 heterocycles. The van der Waals surface area contributed by atoms with Crippen LogP contribution in [0.4, 0.5) is 0 Å². The van der Waals surface area contributed by atoms with Crippen LogP contribution in [0.2, 0.25) is 10.0 Å². The van der Waals surface area contributed by atoms with Gasteiger partial charge in [-0.25, -0.2) is 4.57 Å². The maximum absolute atomic E-state index is 13.0. The summed E-state index contributed by atoms with van der Waals surface area (Å²) in [4.78, 5) is 24.2. The molecule has 0 radical (unpaired) electrons. The zero-order chi connectivity index (χ0) is 16.8. The monoisotopic (exact) mass is 357 g/mol. The van der Waals surface area contributed by atoms with Gasteiger partial charge in [0.05, 0.1) is 16.1 Å². The van der Waals surface area contributed by atoms with E-state index in [9.17, 15) is 9.59 Å². The first-order valence-corrected chi connectivity index (χ1v) is 7.84. The van der Waals surface area contributed by atoms with E-state index < -0.39 is 0 Å². The van der Waals surface area contributed by atoms with Crippen LogP contribution in [0.1, 0.15) is 10.6 Å². The van der Waals surface area contributed by atoms with Gasteiger partial charge in [-0.2, -0.15) is 0 Å². The van der Waals surface area contributed by atoms with E-state index in [1.165, 1.54) is 4.57 Å². The van der Waals surface area contributed by atoms with Crippen molar-refractivity contribution >= 4 is 51.4 Å².